The number of ether oxygens (including phenoxy) is 2. The van der Waals surface area contributed by atoms with Crippen LogP contribution in [-0.4, -0.2) is 24.3 Å². The summed E-state index contributed by atoms with van der Waals surface area (Å²) in [5, 5.41) is 18.9. The Labute approximate surface area is 505 Å². The monoisotopic (exact) mass is 1160 g/mol. The number of hydrogen-bond donors (Lipinski definition) is 1. The first-order valence-electron chi connectivity index (χ1n) is 31.1. The van der Waals surface area contributed by atoms with Gasteiger partial charge >= 0.3 is 5.97 Å². The maximum absolute atomic E-state index is 11.6. The van der Waals surface area contributed by atoms with Gasteiger partial charge in [0.1, 0.15) is 24.9 Å². The smallest absolute Gasteiger partial charge is 0.346 e. The SMILES string of the molecule is CCCCCCC1(CCCCCC)c2ccccc2-c2ccc(N(c3ccc(-c4ccc(-c5sc(-c6ccc(/C=C(/C#N)C(=O)O)s6)c6c5OCCO6)s4)cc3)c3ccc4c(c3)C(CCCCCC)(CCCCCC)c3ccccc3-4)cc21. The molecule has 0 spiro atoms. The first-order chi connectivity index (χ1) is 40.7. The van der Waals surface area contributed by atoms with Crippen LogP contribution < -0.4 is 14.4 Å². The van der Waals surface area contributed by atoms with E-state index in [1.165, 1.54) is 202 Å². The molecule has 0 saturated heterocycles. The number of benzene rings is 5. The number of fused-ring (bicyclic) bond motifs is 7. The van der Waals surface area contributed by atoms with Crippen LogP contribution in [0.2, 0.25) is 0 Å². The minimum atomic E-state index is -1.24. The summed E-state index contributed by atoms with van der Waals surface area (Å²) in [7, 11) is 0. The number of thiophene rings is 3. The fraction of sp³-hybridized carbons (Fsp3) is 0.378. The molecule has 1 N–H and O–H groups in total. The van der Waals surface area contributed by atoms with E-state index in [2.05, 4.69) is 154 Å². The molecule has 3 aliphatic rings. The number of unbranched alkanes of at least 4 members (excludes halogenated alkanes) is 12. The Hall–Kier alpha value is -6.70. The summed E-state index contributed by atoms with van der Waals surface area (Å²) in [5.74, 6) is 0.224. The van der Waals surface area contributed by atoms with Gasteiger partial charge in [0.05, 0.1) is 9.75 Å². The lowest BCUT2D eigenvalue weighted by molar-refractivity contribution is -0.132. The maximum Gasteiger partial charge on any atom is 0.346 e. The van der Waals surface area contributed by atoms with Crippen molar-refractivity contribution in [3.8, 4) is 69.8 Å². The predicted molar refractivity (Wildman–Crippen MR) is 351 cm³/mol. The highest BCUT2D eigenvalue weighted by Crippen LogP contribution is 2.59. The van der Waals surface area contributed by atoms with Gasteiger partial charge < -0.3 is 19.5 Å². The van der Waals surface area contributed by atoms with Crippen LogP contribution in [0.25, 0.3) is 58.3 Å². The van der Waals surface area contributed by atoms with E-state index >= 15 is 0 Å². The summed E-state index contributed by atoms with van der Waals surface area (Å²) in [6.07, 6.45) is 26.1. The van der Waals surface area contributed by atoms with Gasteiger partial charge in [0.25, 0.3) is 0 Å². The second-order valence-corrected chi connectivity index (χ2v) is 26.5. The van der Waals surface area contributed by atoms with Gasteiger partial charge in [-0.25, -0.2) is 4.79 Å². The Morgan fingerprint density at radius 1 is 0.506 bits per heavy atom. The summed E-state index contributed by atoms with van der Waals surface area (Å²) in [4.78, 5) is 20.1. The second kappa shape index (κ2) is 26.5. The summed E-state index contributed by atoms with van der Waals surface area (Å²) >= 11 is 4.82. The molecule has 4 heterocycles. The molecule has 1 aliphatic heterocycles. The van der Waals surface area contributed by atoms with E-state index in [0.717, 1.165) is 41.4 Å². The van der Waals surface area contributed by atoms with Gasteiger partial charge in [-0.05, 0) is 142 Å². The number of anilines is 3. The Bertz CT molecular complexity index is 3480. The van der Waals surface area contributed by atoms with E-state index in [1.54, 1.807) is 28.7 Å². The van der Waals surface area contributed by atoms with Gasteiger partial charge in [0.15, 0.2) is 11.5 Å². The fourth-order valence-corrected chi connectivity index (χ4v) is 17.2. The predicted octanol–water partition coefficient (Wildman–Crippen LogP) is 22.5. The lowest BCUT2D eigenvalue weighted by Gasteiger charge is -2.35. The summed E-state index contributed by atoms with van der Waals surface area (Å²) in [6.45, 7) is 10.2. The van der Waals surface area contributed by atoms with E-state index in [0.29, 0.717) is 23.8 Å². The Morgan fingerprint density at radius 3 is 1.41 bits per heavy atom. The minimum Gasteiger partial charge on any atom is -0.485 e. The van der Waals surface area contributed by atoms with E-state index in [9.17, 15) is 15.2 Å². The highest BCUT2D eigenvalue weighted by atomic mass is 32.1. The Balaban J connectivity index is 1.01. The van der Waals surface area contributed by atoms with Crippen LogP contribution in [0.15, 0.2) is 139 Å². The number of nitriles is 1. The van der Waals surface area contributed by atoms with Crippen LogP contribution in [-0.2, 0) is 15.6 Å². The molecule has 83 heavy (non-hydrogen) atoms. The highest BCUT2D eigenvalue weighted by Gasteiger charge is 2.44. The number of hydrogen-bond acceptors (Lipinski definition) is 8. The highest BCUT2D eigenvalue weighted by molar-refractivity contribution is 7.28. The zero-order valence-electron chi connectivity index (χ0n) is 49.1. The molecule has 0 bridgehead atoms. The van der Waals surface area contributed by atoms with Crippen LogP contribution in [0.5, 0.6) is 11.5 Å². The molecule has 5 aromatic carbocycles. The number of nitrogens with zero attached hydrogens (tertiary/aromatic N) is 2. The number of aliphatic carboxylic acids is 1. The minimum absolute atomic E-state index is 0.0463. The summed E-state index contributed by atoms with van der Waals surface area (Å²) in [5.41, 5.74) is 16.0. The molecule has 0 atom stereocenters. The zero-order chi connectivity index (χ0) is 57.3. The van der Waals surface area contributed by atoms with Crippen molar-refractivity contribution in [2.75, 3.05) is 18.1 Å². The third kappa shape index (κ3) is 11.7. The molecule has 428 valence electrons. The van der Waals surface area contributed by atoms with Gasteiger partial charge in [-0.15, -0.1) is 34.0 Å². The molecule has 8 aromatic rings. The van der Waals surface area contributed by atoms with E-state index in [1.807, 2.05) is 12.1 Å². The molecule has 0 unspecified atom stereocenters. The molecule has 2 aliphatic carbocycles. The van der Waals surface area contributed by atoms with Crippen molar-refractivity contribution < 1.29 is 19.4 Å². The third-order valence-electron chi connectivity index (χ3n) is 18.0. The van der Waals surface area contributed by atoms with Crippen molar-refractivity contribution in [2.24, 2.45) is 0 Å². The first-order valence-corrected chi connectivity index (χ1v) is 33.6. The normalized spacial score (nSPS) is 14.2. The number of carboxylic acids is 1. The van der Waals surface area contributed by atoms with Crippen molar-refractivity contribution in [1.29, 1.82) is 5.26 Å². The molecule has 0 saturated carbocycles. The molecular formula is C74H80N2O4S3. The Kier molecular flexibility index (Phi) is 18.5. The number of carboxylic acid groups (broad SMARTS) is 1. The lowest BCUT2D eigenvalue weighted by Crippen LogP contribution is -2.26. The molecule has 0 radical (unpaired) electrons. The van der Waals surface area contributed by atoms with E-state index < -0.39 is 5.97 Å². The summed E-state index contributed by atoms with van der Waals surface area (Å²) in [6, 6.07) is 53.1. The van der Waals surface area contributed by atoms with Crippen molar-refractivity contribution in [2.45, 2.75) is 167 Å². The van der Waals surface area contributed by atoms with E-state index in [4.69, 9.17) is 9.47 Å². The van der Waals surface area contributed by atoms with E-state index in [-0.39, 0.29) is 16.4 Å². The van der Waals surface area contributed by atoms with Gasteiger partial charge in [-0.3, -0.25) is 0 Å². The molecule has 0 fully saturated rings. The molecule has 11 rings (SSSR count). The van der Waals surface area contributed by atoms with Crippen LogP contribution in [0.1, 0.15) is 183 Å². The first kappa shape index (κ1) is 58.1. The number of carbonyl (C=O) groups is 1. The van der Waals surface area contributed by atoms with Crippen molar-refractivity contribution >= 4 is 63.1 Å². The largest absolute Gasteiger partial charge is 0.485 e. The molecule has 6 nitrogen and oxygen atoms in total. The topological polar surface area (TPSA) is 82.8 Å². The molecular weight excluding hydrogens is 1080 g/mol. The average molecular weight is 1160 g/mol. The van der Waals surface area contributed by atoms with Crippen LogP contribution in [0.3, 0.4) is 0 Å². The third-order valence-corrected chi connectivity index (χ3v) is 21.7. The van der Waals surface area contributed by atoms with Crippen LogP contribution in [0, 0.1) is 11.3 Å². The fourth-order valence-electron chi connectivity index (χ4n) is 13.9. The molecule has 3 aromatic heterocycles. The number of rotatable bonds is 28. The average Bonchev–Trinajstić information content (AvgIpc) is 2.86. The standard InChI is InChI=1S/C74H80N2O4S3/c1-5-9-13-21-41-73(42-22-14-10-6-2)61-27-19-17-25-57(61)59-36-33-54(48-63(59)73)76(55-34-37-60-58-26-18-20-28-62(58)74(64(60)49-55,43-23-15-11-7-3)44-24-16-12-8-4)53-31-29-51(30-32-53)65-39-40-67(82-65)71-69-68(79-45-46-80-69)70(83-71)66-38-35-56(81-66)47-52(50-75)72(77)78/h17-20,25-40,47-49H,5-16,21-24,41-46H2,1-4H3,(H,77,78)/b52-47-. The second-order valence-electron chi connectivity index (χ2n) is 23.3. The quantitative estimate of drug-likeness (QED) is 0.0299. The molecule has 0 amide bonds. The van der Waals surface area contributed by atoms with Gasteiger partial charge in [-0.1, -0.05) is 203 Å². The van der Waals surface area contributed by atoms with Gasteiger partial charge in [0, 0.05) is 47.4 Å². The van der Waals surface area contributed by atoms with Crippen molar-refractivity contribution in [1.82, 2.24) is 0 Å². The molecule has 9 heteroatoms. The van der Waals surface area contributed by atoms with Crippen LogP contribution in [0.4, 0.5) is 17.1 Å². The van der Waals surface area contributed by atoms with Crippen LogP contribution >= 0.6 is 34.0 Å². The van der Waals surface area contributed by atoms with Gasteiger partial charge in [-0.2, -0.15) is 5.26 Å². The zero-order valence-corrected chi connectivity index (χ0v) is 51.6. The summed E-state index contributed by atoms with van der Waals surface area (Å²) < 4.78 is 12.7. The lowest BCUT2D eigenvalue weighted by atomic mass is 9.70. The Morgan fingerprint density at radius 2 is 0.940 bits per heavy atom. The maximum atomic E-state index is 11.6. The van der Waals surface area contributed by atoms with Gasteiger partial charge in [0.2, 0.25) is 0 Å². The van der Waals surface area contributed by atoms with Crippen molar-refractivity contribution in [3.63, 3.8) is 0 Å². The van der Waals surface area contributed by atoms with Crippen molar-refractivity contribution in [3.05, 3.63) is 166 Å².